The third kappa shape index (κ3) is 2.70. The van der Waals surface area contributed by atoms with E-state index in [1.54, 1.807) is 0 Å². The number of carbonyl (C=O) groups excluding carboxylic acids is 2. The fraction of sp³-hybridized carbons (Fsp3) is 0.200. The Kier molecular flexibility index (Phi) is 3.28. The van der Waals surface area contributed by atoms with Crippen LogP contribution in [0.15, 0.2) is 18.2 Å². The van der Waals surface area contributed by atoms with E-state index in [0.717, 1.165) is 0 Å². The summed E-state index contributed by atoms with van der Waals surface area (Å²) in [6, 6.07) is 4.24. The first-order valence-electron chi connectivity index (χ1n) is 4.37. The van der Waals surface area contributed by atoms with Crippen LogP contribution in [-0.4, -0.2) is 24.0 Å². The summed E-state index contributed by atoms with van der Waals surface area (Å²) >= 11 is 0. The molecule has 0 unspecified atom stereocenters. The molecule has 0 bridgehead atoms. The van der Waals surface area contributed by atoms with Crippen LogP contribution in [0, 0.1) is 0 Å². The molecule has 3 N–H and O–H groups in total. The minimum atomic E-state index is -0.306. The van der Waals surface area contributed by atoms with Gasteiger partial charge in [-0.25, -0.2) is 0 Å². The number of hydrogen-bond donors (Lipinski definition) is 3. The Hall–Kier alpha value is -2.04. The molecule has 0 aliphatic carbocycles. The van der Waals surface area contributed by atoms with Crippen molar-refractivity contribution in [1.82, 2.24) is 5.32 Å². The minimum absolute atomic E-state index is 0.0714. The highest BCUT2D eigenvalue weighted by Gasteiger charge is 2.08. The van der Waals surface area contributed by atoms with Gasteiger partial charge in [0.05, 0.1) is 5.69 Å². The SMILES string of the molecule is CNC(=O)c1ccc(O)c(NC(C)=O)c1. The van der Waals surface area contributed by atoms with E-state index >= 15 is 0 Å². The average molecular weight is 208 g/mol. The van der Waals surface area contributed by atoms with Crippen LogP contribution in [0.25, 0.3) is 0 Å². The maximum Gasteiger partial charge on any atom is 0.251 e. The molecule has 0 aliphatic heterocycles. The lowest BCUT2D eigenvalue weighted by Gasteiger charge is -2.07. The smallest absolute Gasteiger partial charge is 0.251 e. The molecule has 0 aliphatic rings. The molecule has 80 valence electrons. The summed E-state index contributed by atoms with van der Waals surface area (Å²) in [5, 5.41) is 14.3. The standard InChI is InChI=1S/C10H12N2O3/c1-6(13)12-8-5-7(10(15)11-2)3-4-9(8)14/h3-5,14H,1-2H3,(H,11,15)(H,12,13). The monoisotopic (exact) mass is 208 g/mol. The van der Waals surface area contributed by atoms with Crippen molar-refractivity contribution in [1.29, 1.82) is 0 Å². The van der Waals surface area contributed by atoms with Gasteiger partial charge in [0.2, 0.25) is 5.91 Å². The van der Waals surface area contributed by atoms with Crippen molar-refractivity contribution in [3.8, 4) is 5.75 Å². The molecule has 1 aromatic carbocycles. The second-order valence-corrected chi connectivity index (χ2v) is 2.99. The van der Waals surface area contributed by atoms with Crippen LogP contribution in [0.5, 0.6) is 5.75 Å². The Morgan fingerprint density at radius 1 is 1.33 bits per heavy atom. The fourth-order valence-corrected chi connectivity index (χ4v) is 1.11. The van der Waals surface area contributed by atoms with Gasteiger partial charge in [-0.2, -0.15) is 0 Å². The van der Waals surface area contributed by atoms with Gasteiger partial charge < -0.3 is 15.7 Å². The zero-order valence-corrected chi connectivity index (χ0v) is 8.50. The fourth-order valence-electron chi connectivity index (χ4n) is 1.11. The van der Waals surface area contributed by atoms with Gasteiger partial charge in [-0.15, -0.1) is 0 Å². The average Bonchev–Trinajstić information content (AvgIpc) is 2.19. The first kappa shape index (κ1) is 11.0. The molecular formula is C10H12N2O3. The Balaban J connectivity index is 3.05. The van der Waals surface area contributed by atoms with E-state index in [9.17, 15) is 14.7 Å². The topological polar surface area (TPSA) is 78.4 Å². The number of hydrogen-bond acceptors (Lipinski definition) is 3. The number of amides is 2. The van der Waals surface area contributed by atoms with Crippen LogP contribution in [0.4, 0.5) is 5.69 Å². The number of aromatic hydroxyl groups is 1. The molecule has 5 nitrogen and oxygen atoms in total. The van der Waals surface area contributed by atoms with Gasteiger partial charge in [0.15, 0.2) is 0 Å². The first-order valence-corrected chi connectivity index (χ1v) is 4.37. The van der Waals surface area contributed by atoms with Crippen molar-refractivity contribution in [3.05, 3.63) is 23.8 Å². The van der Waals surface area contributed by atoms with E-state index in [2.05, 4.69) is 10.6 Å². The van der Waals surface area contributed by atoms with Crippen LogP contribution in [0.1, 0.15) is 17.3 Å². The van der Waals surface area contributed by atoms with Crippen molar-refractivity contribution in [2.75, 3.05) is 12.4 Å². The highest BCUT2D eigenvalue weighted by atomic mass is 16.3. The highest BCUT2D eigenvalue weighted by Crippen LogP contribution is 2.23. The lowest BCUT2D eigenvalue weighted by Crippen LogP contribution is -2.18. The summed E-state index contributed by atoms with van der Waals surface area (Å²) in [7, 11) is 1.51. The van der Waals surface area contributed by atoms with E-state index in [1.807, 2.05) is 0 Å². The summed E-state index contributed by atoms with van der Waals surface area (Å²) in [5.74, 6) is -0.654. The van der Waals surface area contributed by atoms with Crippen LogP contribution in [-0.2, 0) is 4.79 Å². The van der Waals surface area contributed by atoms with Gasteiger partial charge in [0.1, 0.15) is 5.75 Å². The quantitative estimate of drug-likeness (QED) is 0.626. The minimum Gasteiger partial charge on any atom is -0.506 e. The molecule has 2 amide bonds. The second-order valence-electron chi connectivity index (χ2n) is 2.99. The number of carbonyl (C=O) groups is 2. The third-order valence-electron chi connectivity index (χ3n) is 1.80. The van der Waals surface area contributed by atoms with Crippen LogP contribution in [0.2, 0.25) is 0 Å². The number of nitrogens with one attached hydrogen (secondary N) is 2. The van der Waals surface area contributed by atoms with Crippen LogP contribution >= 0.6 is 0 Å². The van der Waals surface area contributed by atoms with Gasteiger partial charge in [-0.1, -0.05) is 0 Å². The highest BCUT2D eigenvalue weighted by molar-refractivity contribution is 5.97. The Bertz CT molecular complexity index is 402. The van der Waals surface area contributed by atoms with E-state index in [-0.39, 0.29) is 23.3 Å². The summed E-state index contributed by atoms with van der Waals surface area (Å²) in [5.41, 5.74) is 0.600. The molecule has 5 heteroatoms. The zero-order valence-electron chi connectivity index (χ0n) is 8.50. The molecule has 1 aromatic rings. The van der Waals surface area contributed by atoms with Crippen LogP contribution < -0.4 is 10.6 Å². The zero-order chi connectivity index (χ0) is 11.4. The summed E-state index contributed by atoms with van der Waals surface area (Å²) in [6.45, 7) is 1.33. The molecule has 0 spiro atoms. The van der Waals surface area contributed by atoms with E-state index in [4.69, 9.17) is 0 Å². The van der Waals surface area contributed by atoms with Gasteiger partial charge in [0.25, 0.3) is 5.91 Å². The maximum absolute atomic E-state index is 11.3. The molecule has 0 atom stereocenters. The normalized spacial score (nSPS) is 9.47. The summed E-state index contributed by atoms with van der Waals surface area (Å²) in [4.78, 5) is 22.1. The second kappa shape index (κ2) is 4.45. The Morgan fingerprint density at radius 2 is 2.00 bits per heavy atom. The van der Waals surface area contributed by atoms with Gasteiger partial charge in [-0.3, -0.25) is 9.59 Å². The lowest BCUT2D eigenvalue weighted by atomic mass is 10.1. The molecule has 1 rings (SSSR count). The van der Waals surface area contributed by atoms with Gasteiger partial charge >= 0.3 is 0 Å². The molecule has 0 aromatic heterocycles. The van der Waals surface area contributed by atoms with Crippen LogP contribution in [0.3, 0.4) is 0 Å². The van der Waals surface area contributed by atoms with Crippen molar-refractivity contribution in [2.45, 2.75) is 6.92 Å². The number of benzene rings is 1. The predicted molar refractivity (Wildman–Crippen MR) is 55.8 cm³/mol. The molecule has 0 heterocycles. The van der Waals surface area contributed by atoms with Gasteiger partial charge in [-0.05, 0) is 18.2 Å². The number of phenolic OH excluding ortho intramolecular Hbond substituents is 1. The summed E-state index contributed by atoms with van der Waals surface area (Å²) in [6.07, 6.45) is 0. The Labute approximate surface area is 87.1 Å². The predicted octanol–water partition coefficient (Wildman–Crippen LogP) is 0.710. The van der Waals surface area contributed by atoms with Crippen molar-refractivity contribution in [3.63, 3.8) is 0 Å². The maximum atomic E-state index is 11.3. The molecule has 0 saturated heterocycles. The largest absolute Gasteiger partial charge is 0.506 e. The van der Waals surface area contributed by atoms with Crippen molar-refractivity contribution >= 4 is 17.5 Å². The Morgan fingerprint density at radius 3 is 2.53 bits per heavy atom. The van der Waals surface area contributed by atoms with Crippen molar-refractivity contribution < 1.29 is 14.7 Å². The van der Waals surface area contributed by atoms with E-state index in [1.165, 1.54) is 32.2 Å². The van der Waals surface area contributed by atoms with Crippen molar-refractivity contribution in [2.24, 2.45) is 0 Å². The molecule has 15 heavy (non-hydrogen) atoms. The number of phenols is 1. The molecule has 0 saturated carbocycles. The number of anilines is 1. The van der Waals surface area contributed by atoms with Gasteiger partial charge in [0, 0.05) is 19.5 Å². The molecule has 0 radical (unpaired) electrons. The van der Waals surface area contributed by atoms with E-state index in [0.29, 0.717) is 5.56 Å². The van der Waals surface area contributed by atoms with E-state index < -0.39 is 0 Å². The number of rotatable bonds is 2. The molecule has 0 fully saturated rings. The summed E-state index contributed by atoms with van der Waals surface area (Å²) < 4.78 is 0. The third-order valence-corrected chi connectivity index (χ3v) is 1.80. The first-order chi connectivity index (χ1) is 7.04. The lowest BCUT2D eigenvalue weighted by molar-refractivity contribution is -0.114. The molecular weight excluding hydrogens is 196 g/mol.